The zero-order valence-electron chi connectivity index (χ0n) is 17.4. The Morgan fingerprint density at radius 1 is 1.20 bits per heavy atom. The Morgan fingerprint density at radius 3 is 2.08 bits per heavy atom. The highest BCUT2D eigenvalue weighted by molar-refractivity contribution is 5.68. The van der Waals surface area contributed by atoms with Crippen LogP contribution in [0.15, 0.2) is 28.9 Å². The first kappa shape index (κ1) is 24.1. The molecule has 25 heavy (non-hydrogen) atoms. The summed E-state index contributed by atoms with van der Waals surface area (Å²) in [6.45, 7) is 19.4. The lowest BCUT2D eigenvalue weighted by Gasteiger charge is -2.24. The van der Waals surface area contributed by atoms with Crippen molar-refractivity contribution in [2.45, 2.75) is 94.4 Å². The summed E-state index contributed by atoms with van der Waals surface area (Å²) < 4.78 is 0. The smallest absolute Gasteiger partial charge is 0.0406 e. The standard InChI is InChI=1S/C12H17N.C9H18.C2H6.CH4/c1-8(2)12(4)6-10(12)11-5-9(3)7-13-11;1-8(2)9-6-4-3-5-7-9;1-2;/h5,7,9-10H,1,6H2,2-4H3;8-9H,3-7H2,1-2H3;1-2H3;1H4/t9?,10-,12?;;;/m1.../s1. The molecule has 1 heterocycles. The van der Waals surface area contributed by atoms with Gasteiger partial charge in [0.05, 0.1) is 0 Å². The van der Waals surface area contributed by atoms with E-state index in [0.29, 0.717) is 17.3 Å². The second-order valence-corrected chi connectivity index (χ2v) is 8.33. The minimum Gasteiger partial charge on any atom is -0.265 e. The summed E-state index contributed by atoms with van der Waals surface area (Å²) in [5.41, 5.74) is 2.93. The summed E-state index contributed by atoms with van der Waals surface area (Å²) in [6.07, 6.45) is 13.0. The quantitative estimate of drug-likeness (QED) is 0.457. The highest BCUT2D eigenvalue weighted by Crippen LogP contribution is 2.60. The van der Waals surface area contributed by atoms with E-state index in [4.69, 9.17) is 0 Å². The van der Waals surface area contributed by atoms with E-state index in [1.165, 1.54) is 49.8 Å². The van der Waals surface area contributed by atoms with E-state index in [0.717, 1.165) is 11.8 Å². The minimum absolute atomic E-state index is 0. The molecule has 0 radical (unpaired) electrons. The van der Waals surface area contributed by atoms with E-state index in [9.17, 15) is 0 Å². The van der Waals surface area contributed by atoms with Gasteiger partial charge in [-0.3, -0.25) is 4.99 Å². The Balaban J connectivity index is 0.000000425. The second kappa shape index (κ2) is 11.0. The van der Waals surface area contributed by atoms with Crippen LogP contribution < -0.4 is 0 Å². The molecule has 0 N–H and O–H groups in total. The normalized spacial score (nSPS) is 30.3. The predicted molar refractivity (Wildman–Crippen MR) is 116 cm³/mol. The zero-order valence-corrected chi connectivity index (χ0v) is 17.4. The van der Waals surface area contributed by atoms with E-state index in [1.54, 1.807) is 0 Å². The van der Waals surface area contributed by atoms with E-state index in [1.807, 2.05) is 20.1 Å². The molecule has 2 saturated carbocycles. The van der Waals surface area contributed by atoms with Crippen LogP contribution in [0.1, 0.15) is 94.4 Å². The summed E-state index contributed by atoms with van der Waals surface area (Å²) >= 11 is 0. The molecule has 0 aromatic heterocycles. The lowest BCUT2D eigenvalue weighted by molar-refractivity contribution is 0.279. The van der Waals surface area contributed by atoms with Crippen LogP contribution in [0, 0.1) is 29.1 Å². The van der Waals surface area contributed by atoms with Crippen molar-refractivity contribution in [1.29, 1.82) is 0 Å². The molecular weight excluding hydrogens is 302 g/mol. The fourth-order valence-corrected chi connectivity index (χ4v) is 3.83. The molecular formula is C24H45N. The Labute approximate surface area is 159 Å². The summed E-state index contributed by atoms with van der Waals surface area (Å²) in [5, 5.41) is 0. The summed E-state index contributed by atoms with van der Waals surface area (Å²) in [4.78, 5) is 4.45. The lowest BCUT2D eigenvalue weighted by Crippen LogP contribution is -2.12. The van der Waals surface area contributed by atoms with Crippen LogP contribution in [0.4, 0.5) is 0 Å². The van der Waals surface area contributed by atoms with Crippen molar-refractivity contribution < 1.29 is 0 Å². The monoisotopic (exact) mass is 347 g/mol. The minimum atomic E-state index is 0. The first-order chi connectivity index (χ1) is 11.3. The van der Waals surface area contributed by atoms with Crippen molar-refractivity contribution in [2.24, 2.45) is 34.1 Å². The number of allylic oxidation sites excluding steroid dienone is 3. The van der Waals surface area contributed by atoms with Crippen molar-refractivity contribution in [3.05, 3.63) is 23.9 Å². The molecule has 1 nitrogen and oxygen atoms in total. The molecule has 146 valence electrons. The first-order valence-electron chi connectivity index (χ1n) is 10.3. The molecule has 0 saturated heterocycles. The predicted octanol–water partition coefficient (Wildman–Crippen LogP) is 8.08. The Hall–Kier alpha value is -0.850. The van der Waals surface area contributed by atoms with Gasteiger partial charge in [-0.15, -0.1) is 0 Å². The van der Waals surface area contributed by atoms with Crippen LogP contribution in [0.2, 0.25) is 0 Å². The molecule has 3 rings (SSSR count). The number of hydrogen-bond donors (Lipinski definition) is 0. The summed E-state index contributed by atoms with van der Waals surface area (Å²) in [7, 11) is 0. The van der Waals surface area contributed by atoms with Crippen molar-refractivity contribution >= 4 is 6.21 Å². The van der Waals surface area contributed by atoms with Gasteiger partial charge in [-0.25, -0.2) is 0 Å². The van der Waals surface area contributed by atoms with Gasteiger partial charge in [0.25, 0.3) is 0 Å². The SMILES string of the molecule is C.C=C(C)C1(C)C[C@@H]1C1=CC(C)C=N1.CC.CC(C)C1CCCCC1. The lowest BCUT2D eigenvalue weighted by atomic mass is 9.82. The van der Waals surface area contributed by atoms with Crippen molar-refractivity contribution in [1.82, 2.24) is 0 Å². The van der Waals surface area contributed by atoms with Crippen LogP contribution in [0.5, 0.6) is 0 Å². The molecule has 0 spiro atoms. The fourth-order valence-electron chi connectivity index (χ4n) is 3.83. The maximum absolute atomic E-state index is 4.45. The largest absolute Gasteiger partial charge is 0.265 e. The average molecular weight is 348 g/mol. The van der Waals surface area contributed by atoms with Gasteiger partial charge in [-0.05, 0) is 30.6 Å². The van der Waals surface area contributed by atoms with Gasteiger partial charge in [0.1, 0.15) is 0 Å². The van der Waals surface area contributed by atoms with Gasteiger partial charge >= 0.3 is 0 Å². The van der Waals surface area contributed by atoms with Gasteiger partial charge in [-0.2, -0.15) is 0 Å². The Morgan fingerprint density at radius 2 is 1.76 bits per heavy atom. The zero-order chi connectivity index (χ0) is 18.3. The number of aliphatic imine (C=N–C) groups is 1. The second-order valence-electron chi connectivity index (χ2n) is 8.33. The third kappa shape index (κ3) is 6.76. The third-order valence-corrected chi connectivity index (χ3v) is 6.05. The first-order valence-corrected chi connectivity index (χ1v) is 10.3. The van der Waals surface area contributed by atoms with E-state index < -0.39 is 0 Å². The van der Waals surface area contributed by atoms with Crippen LogP contribution in [0.25, 0.3) is 0 Å². The van der Waals surface area contributed by atoms with Crippen LogP contribution >= 0.6 is 0 Å². The molecule has 0 aromatic rings. The molecule has 3 atom stereocenters. The molecule has 0 aromatic carbocycles. The van der Waals surface area contributed by atoms with Crippen LogP contribution in [-0.2, 0) is 0 Å². The molecule has 2 unspecified atom stereocenters. The van der Waals surface area contributed by atoms with E-state index in [2.05, 4.69) is 52.3 Å². The summed E-state index contributed by atoms with van der Waals surface area (Å²) in [6, 6.07) is 0. The molecule has 1 aliphatic heterocycles. The summed E-state index contributed by atoms with van der Waals surface area (Å²) in [5.74, 6) is 3.17. The maximum atomic E-state index is 4.45. The van der Waals surface area contributed by atoms with Gasteiger partial charge in [-0.1, -0.05) is 99.3 Å². The molecule has 3 aliphatic rings. The van der Waals surface area contributed by atoms with Crippen LogP contribution in [0.3, 0.4) is 0 Å². The molecule has 0 bridgehead atoms. The van der Waals surface area contributed by atoms with Gasteiger partial charge in [0, 0.05) is 23.7 Å². The average Bonchev–Trinajstić information content (AvgIpc) is 3.10. The highest BCUT2D eigenvalue weighted by Gasteiger charge is 2.52. The highest BCUT2D eigenvalue weighted by atomic mass is 14.8. The Kier molecular flexibility index (Phi) is 10.6. The van der Waals surface area contributed by atoms with Gasteiger partial charge in [0.2, 0.25) is 0 Å². The van der Waals surface area contributed by atoms with Crippen molar-refractivity contribution in [3.8, 4) is 0 Å². The molecule has 2 fully saturated rings. The topological polar surface area (TPSA) is 12.4 Å². The van der Waals surface area contributed by atoms with Gasteiger partial charge < -0.3 is 0 Å². The van der Waals surface area contributed by atoms with Crippen molar-refractivity contribution in [2.75, 3.05) is 0 Å². The molecule has 2 aliphatic carbocycles. The number of rotatable bonds is 3. The van der Waals surface area contributed by atoms with Gasteiger partial charge in [0.15, 0.2) is 0 Å². The van der Waals surface area contributed by atoms with Crippen LogP contribution in [-0.4, -0.2) is 6.21 Å². The van der Waals surface area contributed by atoms with E-state index >= 15 is 0 Å². The van der Waals surface area contributed by atoms with E-state index in [-0.39, 0.29) is 7.43 Å². The number of nitrogens with zero attached hydrogens (tertiary/aromatic N) is 1. The Bertz CT molecular complexity index is 451. The number of hydrogen-bond acceptors (Lipinski definition) is 1. The molecule has 1 heteroatoms. The molecule has 0 amide bonds. The fraction of sp³-hybridized carbons (Fsp3) is 0.792. The maximum Gasteiger partial charge on any atom is 0.0406 e. The van der Waals surface area contributed by atoms with Crippen molar-refractivity contribution in [3.63, 3.8) is 0 Å². The third-order valence-electron chi connectivity index (χ3n) is 6.05.